The number of rotatable bonds is 7. The molecule has 148 valence electrons. The first kappa shape index (κ1) is 19.2. The van der Waals surface area contributed by atoms with Crippen molar-refractivity contribution in [1.82, 2.24) is 14.8 Å². The van der Waals surface area contributed by atoms with Crippen molar-refractivity contribution in [3.05, 3.63) is 66.0 Å². The highest BCUT2D eigenvalue weighted by Crippen LogP contribution is 2.38. The van der Waals surface area contributed by atoms with Crippen LogP contribution in [-0.2, 0) is 4.79 Å². The molecule has 1 aliphatic carbocycles. The third-order valence-corrected chi connectivity index (χ3v) is 5.50. The number of hydrogen-bond acceptors (Lipinski definition) is 5. The quantitative estimate of drug-likeness (QED) is 0.580. The van der Waals surface area contributed by atoms with Crippen LogP contribution in [0.2, 0.25) is 0 Å². The Hall–Kier alpha value is -3.13. The molecular weight excluding hydrogens is 386 g/mol. The van der Waals surface area contributed by atoms with E-state index >= 15 is 0 Å². The Morgan fingerprint density at radius 1 is 1.03 bits per heavy atom. The van der Waals surface area contributed by atoms with Crippen LogP contribution in [0.1, 0.15) is 35.1 Å². The van der Waals surface area contributed by atoms with Gasteiger partial charge in [0.15, 0.2) is 5.16 Å². The number of nitrogens with zero attached hydrogens (tertiary/aromatic N) is 3. The minimum absolute atomic E-state index is 0.194. The van der Waals surface area contributed by atoms with Crippen molar-refractivity contribution >= 4 is 35.0 Å². The van der Waals surface area contributed by atoms with E-state index < -0.39 is 0 Å². The molecule has 2 amide bonds. The Balaban J connectivity index is 1.40. The number of anilines is 2. The summed E-state index contributed by atoms with van der Waals surface area (Å²) >= 11 is 1.36. The Morgan fingerprint density at radius 3 is 2.52 bits per heavy atom. The van der Waals surface area contributed by atoms with Gasteiger partial charge in [-0.05, 0) is 44.0 Å². The lowest BCUT2D eigenvalue weighted by atomic mass is 10.1. The van der Waals surface area contributed by atoms with Crippen LogP contribution in [0.25, 0.3) is 0 Å². The normalized spacial score (nSPS) is 13.1. The van der Waals surface area contributed by atoms with Crippen molar-refractivity contribution in [2.75, 3.05) is 16.4 Å². The predicted molar refractivity (Wildman–Crippen MR) is 113 cm³/mol. The van der Waals surface area contributed by atoms with Crippen LogP contribution >= 0.6 is 11.8 Å². The molecule has 29 heavy (non-hydrogen) atoms. The van der Waals surface area contributed by atoms with Crippen molar-refractivity contribution in [3.63, 3.8) is 0 Å². The molecule has 1 saturated carbocycles. The summed E-state index contributed by atoms with van der Waals surface area (Å²) in [5, 5.41) is 14.7. The third-order valence-electron chi connectivity index (χ3n) is 4.56. The minimum Gasteiger partial charge on any atom is -0.325 e. The number of hydrogen-bond donors (Lipinski definition) is 2. The highest BCUT2D eigenvalue weighted by molar-refractivity contribution is 7.99. The number of thioether (sulfide) groups is 1. The first-order valence-corrected chi connectivity index (χ1v) is 10.4. The molecule has 1 aliphatic rings. The second-order valence-electron chi connectivity index (χ2n) is 6.83. The summed E-state index contributed by atoms with van der Waals surface area (Å²) in [6, 6.07) is 16.6. The molecule has 0 aliphatic heterocycles. The third kappa shape index (κ3) is 4.65. The van der Waals surface area contributed by atoms with Gasteiger partial charge in [0.2, 0.25) is 5.91 Å². The van der Waals surface area contributed by atoms with Crippen LogP contribution in [0.15, 0.2) is 59.8 Å². The lowest BCUT2D eigenvalue weighted by molar-refractivity contribution is -0.113. The van der Waals surface area contributed by atoms with Crippen molar-refractivity contribution in [2.24, 2.45) is 0 Å². The standard InChI is InChI=1S/C21H21N5O2S/c1-14-24-25-21(26(14)16-11-12-16)29-13-19(27)23-18-10-6-5-9-17(18)20(28)22-15-7-3-2-4-8-15/h2-10,16H,11-13H2,1H3,(H,22,28)(H,23,27). The second-order valence-corrected chi connectivity index (χ2v) is 7.78. The fourth-order valence-corrected chi connectivity index (χ4v) is 3.88. The van der Waals surface area contributed by atoms with Crippen molar-refractivity contribution in [3.8, 4) is 0 Å². The van der Waals surface area contributed by atoms with Gasteiger partial charge in [-0.3, -0.25) is 9.59 Å². The van der Waals surface area contributed by atoms with Gasteiger partial charge >= 0.3 is 0 Å². The molecule has 1 heterocycles. The highest BCUT2D eigenvalue weighted by atomic mass is 32.2. The van der Waals surface area contributed by atoms with E-state index in [-0.39, 0.29) is 17.6 Å². The summed E-state index contributed by atoms with van der Waals surface area (Å²) < 4.78 is 2.10. The summed E-state index contributed by atoms with van der Waals surface area (Å²) in [5.41, 5.74) is 1.59. The zero-order valence-corrected chi connectivity index (χ0v) is 16.8. The number of aryl methyl sites for hydroxylation is 1. The molecule has 4 rings (SSSR count). The summed E-state index contributed by atoms with van der Waals surface area (Å²) in [4.78, 5) is 25.1. The molecule has 7 nitrogen and oxygen atoms in total. The number of benzene rings is 2. The zero-order chi connectivity index (χ0) is 20.2. The van der Waals surface area contributed by atoms with E-state index in [1.54, 1.807) is 24.3 Å². The maximum Gasteiger partial charge on any atom is 0.257 e. The number of para-hydroxylation sites is 2. The summed E-state index contributed by atoms with van der Waals surface area (Å²) in [6.07, 6.45) is 2.26. The molecule has 0 atom stereocenters. The maximum atomic E-state index is 12.6. The molecule has 2 N–H and O–H groups in total. The molecule has 8 heteroatoms. The van der Waals surface area contributed by atoms with Gasteiger partial charge in [0.25, 0.3) is 5.91 Å². The SMILES string of the molecule is Cc1nnc(SCC(=O)Nc2ccccc2C(=O)Nc2ccccc2)n1C1CC1. The number of carbonyl (C=O) groups is 2. The maximum absolute atomic E-state index is 12.6. The van der Waals surface area contributed by atoms with Crippen molar-refractivity contribution < 1.29 is 9.59 Å². The second kappa shape index (κ2) is 8.48. The molecular formula is C21H21N5O2S. The van der Waals surface area contributed by atoms with Gasteiger partial charge in [-0.15, -0.1) is 10.2 Å². The molecule has 0 radical (unpaired) electrons. The Morgan fingerprint density at radius 2 is 1.76 bits per heavy atom. The molecule has 0 bridgehead atoms. The number of aromatic nitrogens is 3. The largest absolute Gasteiger partial charge is 0.325 e. The van der Waals surface area contributed by atoms with E-state index in [4.69, 9.17) is 0 Å². The molecule has 3 aromatic rings. The van der Waals surface area contributed by atoms with Crippen LogP contribution in [0.5, 0.6) is 0 Å². The average Bonchev–Trinajstić information content (AvgIpc) is 3.49. The topological polar surface area (TPSA) is 88.9 Å². The summed E-state index contributed by atoms with van der Waals surface area (Å²) in [6.45, 7) is 1.93. The van der Waals surface area contributed by atoms with E-state index in [9.17, 15) is 9.59 Å². The molecule has 0 spiro atoms. The average molecular weight is 407 g/mol. The van der Waals surface area contributed by atoms with Gasteiger partial charge in [-0.25, -0.2) is 0 Å². The van der Waals surface area contributed by atoms with Crippen LogP contribution in [0, 0.1) is 6.92 Å². The van der Waals surface area contributed by atoms with Crippen molar-refractivity contribution in [1.29, 1.82) is 0 Å². The molecule has 0 unspecified atom stereocenters. The Bertz CT molecular complexity index is 1030. The van der Waals surface area contributed by atoms with Gasteiger partial charge in [0.05, 0.1) is 17.0 Å². The van der Waals surface area contributed by atoms with Crippen LogP contribution in [0.4, 0.5) is 11.4 Å². The zero-order valence-electron chi connectivity index (χ0n) is 16.0. The predicted octanol–water partition coefficient (Wildman–Crippen LogP) is 3.90. The molecule has 1 fully saturated rings. The highest BCUT2D eigenvalue weighted by Gasteiger charge is 2.28. The number of carbonyl (C=O) groups excluding carboxylic acids is 2. The van der Waals surface area contributed by atoms with Gasteiger partial charge in [-0.1, -0.05) is 42.1 Å². The molecule has 2 aromatic carbocycles. The van der Waals surface area contributed by atoms with Gasteiger partial charge in [-0.2, -0.15) is 0 Å². The lowest BCUT2D eigenvalue weighted by Crippen LogP contribution is -2.19. The summed E-state index contributed by atoms with van der Waals surface area (Å²) in [5.74, 6) is 0.597. The Kier molecular flexibility index (Phi) is 5.62. The number of nitrogens with one attached hydrogen (secondary N) is 2. The minimum atomic E-state index is -0.274. The Labute approximate surface area is 172 Å². The van der Waals surface area contributed by atoms with Gasteiger partial charge in [0, 0.05) is 11.7 Å². The van der Waals surface area contributed by atoms with Crippen molar-refractivity contribution in [2.45, 2.75) is 31.0 Å². The van der Waals surface area contributed by atoms with Crippen LogP contribution in [-0.4, -0.2) is 32.3 Å². The van der Waals surface area contributed by atoms with Crippen LogP contribution < -0.4 is 10.6 Å². The fraction of sp³-hybridized carbons (Fsp3) is 0.238. The first-order valence-electron chi connectivity index (χ1n) is 9.41. The summed E-state index contributed by atoms with van der Waals surface area (Å²) in [7, 11) is 0. The monoisotopic (exact) mass is 407 g/mol. The van der Waals surface area contributed by atoms with E-state index in [0.717, 1.165) is 23.8 Å². The van der Waals surface area contributed by atoms with E-state index in [1.165, 1.54) is 11.8 Å². The fourth-order valence-electron chi connectivity index (χ4n) is 3.03. The smallest absolute Gasteiger partial charge is 0.257 e. The van der Waals surface area contributed by atoms with E-state index in [0.29, 0.717) is 23.0 Å². The van der Waals surface area contributed by atoms with E-state index in [2.05, 4.69) is 25.4 Å². The number of amides is 2. The first-order chi connectivity index (χ1) is 14.1. The van der Waals surface area contributed by atoms with E-state index in [1.807, 2.05) is 37.3 Å². The van der Waals surface area contributed by atoms with Gasteiger partial charge < -0.3 is 15.2 Å². The molecule has 1 aromatic heterocycles. The van der Waals surface area contributed by atoms with Gasteiger partial charge in [0.1, 0.15) is 5.82 Å². The van der Waals surface area contributed by atoms with Crippen LogP contribution in [0.3, 0.4) is 0 Å². The molecule has 0 saturated heterocycles. The lowest BCUT2D eigenvalue weighted by Gasteiger charge is -2.11.